The molecule has 0 aromatic heterocycles. The fourth-order valence-corrected chi connectivity index (χ4v) is 1.51. The predicted molar refractivity (Wildman–Crippen MR) is 68.3 cm³/mol. The van der Waals surface area contributed by atoms with Crippen LogP contribution < -0.4 is 11.1 Å². The van der Waals surface area contributed by atoms with Crippen molar-refractivity contribution in [3.8, 4) is 0 Å². The number of primary amides is 1. The average Bonchev–Trinajstić information content (AvgIpc) is 2.38. The van der Waals surface area contributed by atoms with Gasteiger partial charge in [0.05, 0.1) is 13.0 Å². The molecule has 8 heteroatoms. The first-order chi connectivity index (χ1) is 9.40. The van der Waals surface area contributed by atoms with Gasteiger partial charge in [0, 0.05) is 10.6 Å². The van der Waals surface area contributed by atoms with Gasteiger partial charge in [0.2, 0.25) is 5.91 Å². The summed E-state index contributed by atoms with van der Waals surface area (Å²) in [6.07, 6.45) is -0.394. The molecule has 3 N–H and O–H groups in total. The number of nitrogens with one attached hydrogen (secondary N) is 1. The molecule has 0 heterocycles. The van der Waals surface area contributed by atoms with Crippen molar-refractivity contribution in [2.45, 2.75) is 6.42 Å². The van der Waals surface area contributed by atoms with E-state index in [1.165, 1.54) is 12.1 Å². The lowest BCUT2D eigenvalue weighted by Gasteiger charge is -2.07. The highest BCUT2D eigenvalue weighted by Crippen LogP contribution is 2.19. The molecule has 6 nitrogen and oxygen atoms in total. The van der Waals surface area contributed by atoms with Gasteiger partial charge in [0.15, 0.2) is 6.61 Å². The summed E-state index contributed by atoms with van der Waals surface area (Å²) in [7, 11) is 0. The summed E-state index contributed by atoms with van der Waals surface area (Å²) in [4.78, 5) is 33.0. The third-order valence-corrected chi connectivity index (χ3v) is 2.56. The topological polar surface area (TPSA) is 98.5 Å². The van der Waals surface area contributed by atoms with Crippen LogP contribution >= 0.6 is 11.6 Å². The lowest BCUT2D eigenvalue weighted by Crippen LogP contribution is -2.36. The van der Waals surface area contributed by atoms with E-state index in [-0.39, 0.29) is 17.1 Å². The maximum Gasteiger partial charge on any atom is 0.310 e. The number of benzene rings is 1. The van der Waals surface area contributed by atoms with E-state index in [4.69, 9.17) is 17.3 Å². The number of ether oxygens (including phenoxy) is 1. The third kappa shape index (κ3) is 5.23. The average molecular weight is 303 g/mol. The summed E-state index contributed by atoms with van der Waals surface area (Å²) in [5, 5.41) is 2.23. The van der Waals surface area contributed by atoms with Gasteiger partial charge in [-0.15, -0.1) is 0 Å². The molecule has 1 rings (SSSR count). The molecule has 20 heavy (non-hydrogen) atoms. The third-order valence-electron chi connectivity index (χ3n) is 2.21. The Hall–Kier alpha value is -2.15. The standard InChI is InChI=1S/C12H12ClFN2O4/c13-8-2-1-3-9(14)7(8)4-12(19)20-6-11(18)16-5-10(15)17/h1-3H,4-6H2,(H2,15,17)(H,16,18). The van der Waals surface area contributed by atoms with Gasteiger partial charge in [-0.3, -0.25) is 14.4 Å². The fourth-order valence-electron chi connectivity index (χ4n) is 1.28. The molecule has 0 unspecified atom stereocenters. The van der Waals surface area contributed by atoms with Gasteiger partial charge in [-0.05, 0) is 12.1 Å². The lowest BCUT2D eigenvalue weighted by atomic mass is 10.1. The van der Waals surface area contributed by atoms with Crippen molar-refractivity contribution < 1.29 is 23.5 Å². The highest BCUT2D eigenvalue weighted by atomic mass is 35.5. The number of amides is 2. The van der Waals surface area contributed by atoms with Gasteiger partial charge in [-0.1, -0.05) is 17.7 Å². The Morgan fingerprint density at radius 2 is 2.05 bits per heavy atom. The van der Waals surface area contributed by atoms with Crippen LogP contribution in [0.5, 0.6) is 0 Å². The summed E-state index contributed by atoms with van der Waals surface area (Å²) in [5.41, 5.74) is 4.81. The summed E-state index contributed by atoms with van der Waals surface area (Å²) in [5.74, 6) is -2.85. The first kappa shape index (κ1) is 15.9. The number of carbonyl (C=O) groups excluding carboxylic acids is 3. The van der Waals surface area contributed by atoms with E-state index in [0.29, 0.717) is 0 Å². The SMILES string of the molecule is NC(=O)CNC(=O)COC(=O)Cc1c(F)cccc1Cl. The number of hydrogen-bond donors (Lipinski definition) is 2. The molecule has 0 atom stereocenters. The molecule has 0 radical (unpaired) electrons. The van der Waals surface area contributed by atoms with Gasteiger partial charge in [0.1, 0.15) is 5.82 Å². The van der Waals surface area contributed by atoms with Crippen LogP contribution in [-0.4, -0.2) is 30.9 Å². The van der Waals surface area contributed by atoms with Crippen molar-refractivity contribution in [3.63, 3.8) is 0 Å². The molecule has 1 aromatic carbocycles. The van der Waals surface area contributed by atoms with E-state index in [9.17, 15) is 18.8 Å². The highest BCUT2D eigenvalue weighted by Gasteiger charge is 2.14. The number of esters is 1. The summed E-state index contributed by atoms with van der Waals surface area (Å²) in [6.45, 7) is -0.937. The number of halogens is 2. The minimum atomic E-state index is -0.814. The van der Waals surface area contributed by atoms with Crippen molar-refractivity contribution in [1.29, 1.82) is 0 Å². The van der Waals surface area contributed by atoms with Crippen molar-refractivity contribution >= 4 is 29.4 Å². The Balaban J connectivity index is 2.44. The zero-order valence-electron chi connectivity index (χ0n) is 10.3. The van der Waals surface area contributed by atoms with Crippen LogP contribution in [0.4, 0.5) is 4.39 Å². The minimum Gasteiger partial charge on any atom is -0.455 e. The fraction of sp³-hybridized carbons (Fsp3) is 0.250. The number of nitrogens with two attached hydrogens (primary N) is 1. The molecule has 108 valence electrons. The van der Waals surface area contributed by atoms with Crippen LogP contribution in [-0.2, 0) is 25.5 Å². The lowest BCUT2D eigenvalue weighted by molar-refractivity contribution is -0.148. The molecule has 2 amide bonds. The van der Waals surface area contributed by atoms with E-state index in [1.807, 2.05) is 0 Å². The first-order valence-corrected chi connectivity index (χ1v) is 5.91. The van der Waals surface area contributed by atoms with Crippen LogP contribution in [0.25, 0.3) is 0 Å². The van der Waals surface area contributed by atoms with Gasteiger partial charge >= 0.3 is 5.97 Å². The molecule has 1 aromatic rings. The van der Waals surface area contributed by atoms with E-state index in [2.05, 4.69) is 10.1 Å². The van der Waals surface area contributed by atoms with E-state index in [0.717, 1.165) is 6.07 Å². The molecular formula is C12H12ClFN2O4. The molecule has 0 saturated carbocycles. The predicted octanol–water partition coefficient (Wildman–Crippen LogP) is 0.166. The van der Waals surface area contributed by atoms with Crippen LogP contribution in [0.1, 0.15) is 5.56 Å². The Bertz CT molecular complexity index is 516. The second kappa shape index (κ2) is 7.44. The van der Waals surface area contributed by atoms with E-state index >= 15 is 0 Å². The quantitative estimate of drug-likeness (QED) is 0.732. The summed E-state index contributed by atoms with van der Waals surface area (Å²) < 4.78 is 18.0. The van der Waals surface area contributed by atoms with Crippen molar-refractivity contribution in [3.05, 3.63) is 34.6 Å². The summed E-state index contributed by atoms with van der Waals surface area (Å²) >= 11 is 5.74. The summed E-state index contributed by atoms with van der Waals surface area (Å²) in [6, 6.07) is 4.00. The van der Waals surface area contributed by atoms with Crippen molar-refractivity contribution in [2.75, 3.05) is 13.2 Å². The van der Waals surface area contributed by atoms with Crippen LogP contribution in [0.3, 0.4) is 0 Å². The second-order valence-electron chi connectivity index (χ2n) is 3.78. The molecule has 0 saturated heterocycles. The second-order valence-corrected chi connectivity index (χ2v) is 4.19. The molecule has 0 spiro atoms. The van der Waals surface area contributed by atoms with Crippen LogP contribution in [0.15, 0.2) is 18.2 Å². The Morgan fingerprint density at radius 3 is 2.65 bits per heavy atom. The molecular weight excluding hydrogens is 291 g/mol. The zero-order valence-corrected chi connectivity index (χ0v) is 11.1. The maximum atomic E-state index is 13.4. The Morgan fingerprint density at radius 1 is 1.35 bits per heavy atom. The van der Waals surface area contributed by atoms with Crippen LogP contribution in [0.2, 0.25) is 5.02 Å². The molecule has 0 aliphatic rings. The van der Waals surface area contributed by atoms with Crippen molar-refractivity contribution in [1.82, 2.24) is 5.32 Å². The smallest absolute Gasteiger partial charge is 0.310 e. The number of rotatable bonds is 6. The van der Waals surface area contributed by atoms with Gasteiger partial charge in [-0.2, -0.15) is 0 Å². The minimum absolute atomic E-state index is 0.00305. The highest BCUT2D eigenvalue weighted by molar-refractivity contribution is 6.31. The maximum absolute atomic E-state index is 13.4. The number of hydrogen-bond acceptors (Lipinski definition) is 4. The molecule has 0 aliphatic heterocycles. The largest absolute Gasteiger partial charge is 0.455 e. The molecule has 0 aliphatic carbocycles. The van der Waals surface area contributed by atoms with Gasteiger partial charge in [-0.25, -0.2) is 4.39 Å². The van der Waals surface area contributed by atoms with Crippen LogP contribution in [0, 0.1) is 5.82 Å². The van der Waals surface area contributed by atoms with E-state index < -0.39 is 36.6 Å². The Kier molecular flexibility index (Phi) is 5.92. The van der Waals surface area contributed by atoms with E-state index in [1.54, 1.807) is 0 Å². The van der Waals surface area contributed by atoms with Gasteiger partial charge < -0.3 is 15.8 Å². The normalized spacial score (nSPS) is 9.90. The Labute approximate surface area is 119 Å². The molecule has 0 bridgehead atoms. The van der Waals surface area contributed by atoms with Gasteiger partial charge in [0.25, 0.3) is 5.91 Å². The van der Waals surface area contributed by atoms with Crippen molar-refractivity contribution in [2.24, 2.45) is 5.73 Å². The molecule has 0 fully saturated rings. The zero-order chi connectivity index (χ0) is 15.1. The number of carbonyl (C=O) groups is 3. The first-order valence-electron chi connectivity index (χ1n) is 5.53. The monoisotopic (exact) mass is 302 g/mol.